The summed E-state index contributed by atoms with van der Waals surface area (Å²) in [4.78, 5) is 24.3. The van der Waals surface area contributed by atoms with Crippen molar-refractivity contribution in [2.24, 2.45) is 11.0 Å². The van der Waals surface area contributed by atoms with E-state index in [-0.39, 0.29) is 17.7 Å². The van der Waals surface area contributed by atoms with Crippen molar-refractivity contribution in [2.45, 2.75) is 90.9 Å². The van der Waals surface area contributed by atoms with E-state index in [9.17, 15) is 9.59 Å². The molecule has 0 heterocycles. The lowest BCUT2D eigenvalue weighted by atomic mass is 9.88. The molecule has 1 aliphatic rings. The Morgan fingerprint density at radius 2 is 1.62 bits per heavy atom. The summed E-state index contributed by atoms with van der Waals surface area (Å²) in [5.74, 6) is 0.245. The summed E-state index contributed by atoms with van der Waals surface area (Å²) in [7, 11) is 0. The normalized spacial score (nSPS) is 15.2. The minimum atomic E-state index is -0.0313. The molecule has 2 N–H and O–H groups in total. The van der Waals surface area contributed by atoms with Gasteiger partial charge in [-0.2, -0.15) is 5.10 Å². The number of anilines is 1. The van der Waals surface area contributed by atoms with Gasteiger partial charge in [0, 0.05) is 18.0 Å². The van der Waals surface area contributed by atoms with E-state index in [1.54, 1.807) is 0 Å². The molecule has 1 aromatic rings. The highest BCUT2D eigenvalue weighted by Gasteiger charge is 2.20. The van der Waals surface area contributed by atoms with E-state index >= 15 is 0 Å². The quantitative estimate of drug-likeness (QED) is 0.281. The van der Waals surface area contributed by atoms with Crippen LogP contribution in [0.4, 0.5) is 5.69 Å². The predicted molar refractivity (Wildman–Crippen MR) is 120 cm³/mol. The van der Waals surface area contributed by atoms with Gasteiger partial charge in [-0.15, -0.1) is 0 Å². The van der Waals surface area contributed by atoms with Crippen LogP contribution < -0.4 is 10.7 Å². The van der Waals surface area contributed by atoms with Gasteiger partial charge in [-0.05, 0) is 43.9 Å². The van der Waals surface area contributed by atoms with Crippen molar-refractivity contribution < 1.29 is 9.59 Å². The van der Waals surface area contributed by atoms with Crippen molar-refractivity contribution in [3.63, 3.8) is 0 Å². The second-order valence-corrected chi connectivity index (χ2v) is 8.15. The highest BCUT2D eigenvalue weighted by molar-refractivity contribution is 6.00. The molecule has 2 rings (SSSR count). The number of benzene rings is 1. The zero-order chi connectivity index (χ0) is 20.9. The molecule has 0 unspecified atom stereocenters. The average molecular weight is 400 g/mol. The van der Waals surface area contributed by atoms with Crippen LogP contribution in [0.15, 0.2) is 29.4 Å². The lowest BCUT2D eigenvalue weighted by Crippen LogP contribution is -2.24. The molecular formula is C24H37N3O2. The molecule has 2 amide bonds. The first-order valence-electron chi connectivity index (χ1n) is 11.3. The van der Waals surface area contributed by atoms with Crippen LogP contribution in [0.3, 0.4) is 0 Å². The monoisotopic (exact) mass is 399 g/mol. The molecule has 1 aromatic carbocycles. The fourth-order valence-electron chi connectivity index (χ4n) is 3.74. The topological polar surface area (TPSA) is 70.6 Å². The second kappa shape index (κ2) is 13.1. The molecular weight excluding hydrogens is 362 g/mol. The van der Waals surface area contributed by atoms with E-state index in [1.165, 1.54) is 32.1 Å². The molecule has 1 saturated carbocycles. The molecule has 5 heteroatoms. The standard InChI is InChI=1S/C24H37N3O2/c1-3-4-5-6-7-11-14-23(28)27-26-19(2)20-15-17-22(18-16-20)25-24(29)21-12-9-8-10-13-21/h15-18,21H,3-14H2,1-2H3,(H,25,29)(H,27,28). The molecule has 0 spiro atoms. The predicted octanol–water partition coefficient (Wildman–Crippen LogP) is 5.80. The van der Waals surface area contributed by atoms with Gasteiger partial charge in [-0.3, -0.25) is 9.59 Å². The largest absolute Gasteiger partial charge is 0.326 e. The van der Waals surface area contributed by atoms with Crippen LogP contribution in [0.2, 0.25) is 0 Å². The number of carbonyl (C=O) groups is 2. The Kier molecular flexibility index (Phi) is 10.5. The minimum Gasteiger partial charge on any atom is -0.326 e. The number of hydrogen-bond donors (Lipinski definition) is 2. The maximum atomic E-state index is 12.3. The Morgan fingerprint density at radius 3 is 2.31 bits per heavy atom. The molecule has 0 radical (unpaired) electrons. The highest BCUT2D eigenvalue weighted by Crippen LogP contribution is 2.25. The van der Waals surface area contributed by atoms with Crippen LogP contribution in [0.25, 0.3) is 0 Å². The third-order valence-corrected chi connectivity index (χ3v) is 5.65. The van der Waals surface area contributed by atoms with Crippen molar-refractivity contribution in [1.29, 1.82) is 0 Å². The zero-order valence-corrected chi connectivity index (χ0v) is 18.1. The lowest BCUT2D eigenvalue weighted by Gasteiger charge is -2.20. The van der Waals surface area contributed by atoms with Crippen LogP contribution in [0, 0.1) is 5.92 Å². The minimum absolute atomic E-state index is 0.0313. The van der Waals surface area contributed by atoms with E-state index in [0.29, 0.717) is 6.42 Å². The molecule has 0 aromatic heterocycles. The number of hydrazone groups is 1. The number of amides is 2. The van der Waals surface area contributed by atoms with Gasteiger partial charge in [0.2, 0.25) is 11.8 Å². The summed E-state index contributed by atoms with van der Waals surface area (Å²) in [6.45, 7) is 4.08. The zero-order valence-electron chi connectivity index (χ0n) is 18.1. The van der Waals surface area contributed by atoms with Gasteiger partial charge in [0.25, 0.3) is 0 Å². The number of unbranched alkanes of at least 4 members (excludes halogenated alkanes) is 5. The first kappa shape index (κ1) is 23.1. The van der Waals surface area contributed by atoms with Gasteiger partial charge < -0.3 is 5.32 Å². The molecule has 0 atom stereocenters. The molecule has 160 valence electrons. The number of hydrogen-bond acceptors (Lipinski definition) is 3. The number of nitrogens with zero attached hydrogens (tertiary/aromatic N) is 1. The fourth-order valence-corrected chi connectivity index (χ4v) is 3.74. The smallest absolute Gasteiger partial charge is 0.240 e. The van der Waals surface area contributed by atoms with Crippen molar-refractivity contribution in [2.75, 3.05) is 5.32 Å². The first-order valence-corrected chi connectivity index (χ1v) is 11.3. The molecule has 0 bridgehead atoms. The third kappa shape index (κ3) is 8.80. The molecule has 1 aliphatic carbocycles. The van der Waals surface area contributed by atoms with E-state index in [2.05, 4.69) is 22.8 Å². The second-order valence-electron chi connectivity index (χ2n) is 8.15. The maximum absolute atomic E-state index is 12.3. The van der Waals surface area contributed by atoms with Crippen LogP contribution in [0.5, 0.6) is 0 Å². The summed E-state index contributed by atoms with van der Waals surface area (Å²) in [5.41, 5.74) is 5.15. The van der Waals surface area contributed by atoms with Gasteiger partial charge in [0.05, 0.1) is 5.71 Å². The SMILES string of the molecule is CCCCCCCCC(=O)NN=C(C)c1ccc(NC(=O)C2CCCCC2)cc1. The van der Waals surface area contributed by atoms with Gasteiger partial charge >= 0.3 is 0 Å². The van der Waals surface area contributed by atoms with E-state index < -0.39 is 0 Å². The summed E-state index contributed by atoms with van der Waals surface area (Å²) < 4.78 is 0. The molecule has 0 aliphatic heterocycles. The summed E-state index contributed by atoms with van der Waals surface area (Å²) in [5, 5.41) is 7.24. The molecule has 0 saturated heterocycles. The summed E-state index contributed by atoms with van der Waals surface area (Å²) >= 11 is 0. The van der Waals surface area contributed by atoms with E-state index in [0.717, 1.165) is 55.5 Å². The Hall–Kier alpha value is -2.17. The van der Waals surface area contributed by atoms with Gasteiger partial charge in [-0.25, -0.2) is 5.43 Å². The summed E-state index contributed by atoms with van der Waals surface area (Å²) in [6.07, 6.45) is 13.0. The Morgan fingerprint density at radius 1 is 0.966 bits per heavy atom. The van der Waals surface area contributed by atoms with Crippen LogP contribution >= 0.6 is 0 Å². The van der Waals surface area contributed by atoms with Crippen molar-refractivity contribution in [3.8, 4) is 0 Å². The third-order valence-electron chi connectivity index (χ3n) is 5.65. The molecule has 29 heavy (non-hydrogen) atoms. The van der Waals surface area contributed by atoms with Crippen molar-refractivity contribution >= 4 is 23.2 Å². The fraction of sp³-hybridized carbons (Fsp3) is 0.625. The van der Waals surface area contributed by atoms with Crippen molar-refractivity contribution in [3.05, 3.63) is 29.8 Å². The van der Waals surface area contributed by atoms with Crippen LogP contribution in [-0.2, 0) is 9.59 Å². The number of rotatable bonds is 11. The Bertz CT molecular complexity index is 661. The van der Waals surface area contributed by atoms with Gasteiger partial charge in [-0.1, -0.05) is 70.4 Å². The van der Waals surface area contributed by atoms with Crippen LogP contribution in [0.1, 0.15) is 96.5 Å². The first-order chi connectivity index (χ1) is 14.1. The van der Waals surface area contributed by atoms with E-state index in [4.69, 9.17) is 0 Å². The Labute approximate surface area is 175 Å². The lowest BCUT2D eigenvalue weighted by molar-refractivity contribution is -0.121. The maximum Gasteiger partial charge on any atom is 0.240 e. The average Bonchev–Trinajstić information content (AvgIpc) is 2.75. The van der Waals surface area contributed by atoms with E-state index in [1.807, 2.05) is 31.2 Å². The van der Waals surface area contributed by atoms with Gasteiger partial charge in [0.1, 0.15) is 0 Å². The highest BCUT2D eigenvalue weighted by atomic mass is 16.2. The van der Waals surface area contributed by atoms with Gasteiger partial charge in [0.15, 0.2) is 0 Å². The summed E-state index contributed by atoms with van der Waals surface area (Å²) in [6, 6.07) is 7.64. The number of nitrogens with one attached hydrogen (secondary N) is 2. The molecule has 5 nitrogen and oxygen atoms in total. The Balaban J connectivity index is 1.73. The number of carbonyl (C=O) groups excluding carboxylic acids is 2. The van der Waals surface area contributed by atoms with Crippen molar-refractivity contribution in [1.82, 2.24) is 5.43 Å². The van der Waals surface area contributed by atoms with Crippen LogP contribution in [-0.4, -0.2) is 17.5 Å². The molecule has 1 fully saturated rings.